The summed E-state index contributed by atoms with van der Waals surface area (Å²) in [5, 5.41) is 3.18. The van der Waals surface area contributed by atoms with Crippen LogP contribution in [-0.2, 0) is 31.9 Å². The summed E-state index contributed by atoms with van der Waals surface area (Å²) in [6.45, 7) is 3.43. The second-order valence-electron chi connectivity index (χ2n) is 7.42. The number of nitrogens with one attached hydrogen (secondary N) is 1. The van der Waals surface area contributed by atoms with Crippen molar-refractivity contribution in [2.75, 3.05) is 17.7 Å². The van der Waals surface area contributed by atoms with E-state index in [1.165, 1.54) is 18.3 Å². The minimum absolute atomic E-state index is 0.0139. The number of nitrogens with two attached hydrogens (primary N) is 1. The molecule has 3 rings (SSSR count). The van der Waals surface area contributed by atoms with Crippen LogP contribution >= 0.6 is 23.1 Å². The van der Waals surface area contributed by atoms with Gasteiger partial charge in [-0.3, -0.25) is 9.59 Å². The lowest BCUT2D eigenvalue weighted by Gasteiger charge is -2.15. The Hall–Kier alpha value is -2.85. The first-order valence-electron chi connectivity index (χ1n) is 10.6. The van der Waals surface area contributed by atoms with E-state index in [2.05, 4.69) is 5.32 Å². The van der Waals surface area contributed by atoms with Gasteiger partial charge in [0.05, 0.1) is 23.5 Å². The van der Waals surface area contributed by atoms with Crippen LogP contribution in [0.25, 0.3) is 0 Å². The van der Waals surface area contributed by atoms with Gasteiger partial charge in [0, 0.05) is 9.77 Å². The van der Waals surface area contributed by atoms with Crippen LogP contribution in [0.1, 0.15) is 57.8 Å². The van der Waals surface area contributed by atoms with Crippen LogP contribution in [0.5, 0.6) is 0 Å². The van der Waals surface area contributed by atoms with Gasteiger partial charge in [-0.25, -0.2) is 9.59 Å². The SMILES string of the molecule is CCOC(=O)c1c(NC(=O)C(C)OC(=O)c2ccccc2SCC(N)=O)sc2c1CCCC2. The van der Waals surface area contributed by atoms with Crippen LogP contribution in [-0.4, -0.2) is 42.2 Å². The molecular formula is C23H26N2O6S2. The fraction of sp³-hybridized carbons (Fsp3) is 0.391. The smallest absolute Gasteiger partial charge is 0.341 e. The molecule has 0 saturated carbocycles. The van der Waals surface area contributed by atoms with Crippen LogP contribution in [0, 0.1) is 0 Å². The molecule has 0 bridgehead atoms. The number of hydrogen-bond donors (Lipinski definition) is 2. The van der Waals surface area contributed by atoms with E-state index in [0.717, 1.165) is 47.9 Å². The van der Waals surface area contributed by atoms with E-state index in [-0.39, 0.29) is 17.9 Å². The van der Waals surface area contributed by atoms with Crippen LogP contribution in [0.4, 0.5) is 5.00 Å². The molecule has 3 N–H and O–H groups in total. The van der Waals surface area contributed by atoms with Crippen molar-refractivity contribution in [2.24, 2.45) is 5.73 Å². The molecule has 0 aliphatic heterocycles. The van der Waals surface area contributed by atoms with E-state index in [0.29, 0.717) is 15.5 Å². The first-order chi connectivity index (χ1) is 15.8. The van der Waals surface area contributed by atoms with Gasteiger partial charge in [-0.05, 0) is 57.2 Å². The van der Waals surface area contributed by atoms with Crippen LogP contribution in [0.3, 0.4) is 0 Å². The number of rotatable bonds is 9. The highest BCUT2D eigenvalue weighted by atomic mass is 32.2. The Kier molecular flexibility index (Phi) is 8.51. The van der Waals surface area contributed by atoms with Crippen molar-refractivity contribution >= 4 is 51.9 Å². The third-order valence-corrected chi connectivity index (χ3v) is 7.32. The number of primary amides is 1. The van der Waals surface area contributed by atoms with Crippen LogP contribution in [0.15, 0.2) is 29.2 Å². The van der Waals surface area contributed by atoms with Gasteiger partial charge in [0.15, 0.2) is 6.10 Å². The van der Waals surface area contributed by atoms with Crippen molar-refractivity contribution in [3.63, 3.8) is 0 Å². The van der Waals surface area contributed by atoms with Crippen LogP contribution in [0.2, 0.25) is 0 Å². The quantitative estimate of drug-likeness (QED) is 0.407. The molecular weight excluding hydrogens is 464 g/mol. The average molecular weight is 491 g/mol. The van der Waals surface area contributed by atoms with Gasteiger partial charge in [0.2, 0.25) is 5.91 Å². The molecule has 1 aromatic heterocycles. The Morgan fingerprint density at radius 1 is 1.15 bits per heavy atom. The summed E-state index contributed by atoms with van der Waals surface area (Å²) in [6.07, 6.45) is 2.52. The van der Waals surface area contributed by atoms with Crippen molar-refractivity contribution in [3.05, 3.63) is 45.8 Å². The molecule has 0 saturated heterocycles. The molecule has 0 fully saturated rings. The minimum Gasteiger partial charge on any atom is -0.462 e. The van der Waals surface area contributed by atoms with E-state index >= 15 is 0 Å². The zero-order chi connectivity index (χ0) is 24.0. The lowest BCUT2D eigenvalue weighted by atomic mass is 9.95. The number of carbonyl (C=O) groups is 4. The van der Waals surface area contributed by atoms with E-state index in [1.807, 2.05) is 0 Å². The number of thiophene rings is 1. The number of amides is 2. The van der Waals surface area contributed by atoms with Crippen LogP contribution < -0.4 is 11.1 Å². The fourth-order valence-electron chi connectivity index (χ4n) is 3.47. The molecule has 1 unspecified atom stereocenters. The van der Waals surface area contributed by atoms with Gasteiger partial charge in [-0.1, -0.05) is 12.1 Å². The number of carbonyl (C=O) groups excluding carboxylic acids is 4. The lowest BCUT2D eigenvalue weighted by Crippen LogP contribution is -2.30. The average Bonchev–Trinajstić information content (AvgIpc) is 3.15. The molecule has 1 aliphatic rings. The normalized spacial score (nSPS) is 13.5. The Morgan fingerprint density at radius 2 is 1.88 bits per heavy atom. The number of fused-ring (bicyclic) bond motifs is 1. The van der Waals surface area contributed by atoms with E-state index in [9.17, 15) is 19.2 Å². The monoisotopic (exact) mass is 490 g/mol. The zero-order valence-corrected chi connectivity index (χ0v) is 20.1. The number of anilines is 1. The highest BCUT2D eigenvalue weighted by Gasteiger charge is 2.29. The van der Waals surface area contributed by atoms with Crippen molar-refractivity contribution < 1.29 is 28.7 Å². The summed E-state index contributed by atoms with van der Waals surface area (Å²) in [6, 6.07) is 6.63. The third kappa shape index (κ3) is 6.14. The molecule has 2 aromatic rings. The van der Waals surface area contributed by atoms with Gasteiger partial charge in [0.25, 0.3) is 5.91 Å². The second-order valence-corrected chi connectivity index (χ2v) is 9.55. The zero-order valence-electron chi connectivity index (χ0n) is 18.5. The van der Waals surface area contributed by atoms with E-state index in [1.54, 1.807) is 31.2 Å². The molecule has 1 aliphatic carbocycles. The maximum atomic E-state index is 12.8. The highest BCUT2D eigenvalue weighted by Crippen LogP contribution is 2.38. The number of aryl methyl sites for hydroxylation is 1. The van der Waals surface area contributed by atoms with Gasteiger partial charge >= 0.3 is 11.9 Å². The van der Waals surface area contributed by atoms with E-state index in [4.69, 9.17) is 15.2 Å². The van der Waals surface area contributed by atoms with Crippen molar-refractivity contribution in [1.29, 1.82) is 0 Å². The molecule has 10 heteroatoms. The summed E-state index contributed by atoms with van der Waals surface area (Å²) in [4.78, 5) is 50.8. The molecule has 1 aromatic carbocycles. The first kappa shape index (κ1) is 24.8. The molecule has 1 heterocycles. The molecule has 0 radical (unpaired) electrons. The molecule has 0 spiro atoms. The molecule has 1 atom stereocenters. The highest BCUT2D eigenvalue weighted by molar-refractivity contribution is 8.00. The second kappa shape index (κ2) is 11.3. The van der Waals surface area contributed by atoms with Gasteiger partial charge in [0.1, 0.15) is 5.00 Å². The van der Waals surface area contributed by atoms with Crippen molar-refractivity contribution in [2.45, 2.75) is 50.5 Å². The summed E-state index contributed by atoms with van der Waals surface area (Å²) in [5.41, 5.74) is 6.76. The maximum absolute atomic E-state index is 12.8. The molecule has 8 nitrogen and oxygen atoms in total. The van der Waals surface area contributed by atoms with Crippen molar-refractivity contribution in [1.82, 2.24) is 0 Å². The summed E-state index contributed by atoms with van der Waals surface area (Å²) < 4.78 is 10.6. The predicted octanol–water partition coefficient (Wildman–Crippen LogP) is 3.57. The number of thioether (sulfide) groups is 1. The summed E-state index contributed by atoms with van der Waals surface area (Å²) in [7, 11) is 0. The van der Waals surface area contributed by atoms with Gasteiger partial charge in [-0.15, -0.1) is 23.1 Å². The minimum atomic E-state index is -1.11. The predicted molar refractivity (Wildman–Crippen MR) is 127 cm³/mol. The third-order valence-electron chi connectivity index (χ3n) is 5.02. The fourth-order valence-corrected chi connectivity index (χ4v) is 5.53. The Labute approximate surface area is 200 Å². The largest absolute Gasteiger partial charge is 0.462 e. The standard InChI is InChI=1S/C23H26N2O6S2/c1-3-30-23(29)19-14-8-4-7-11-17(14)33-21(19)25-20(27)13(2)31-22(28)15-9-5-6-10-16(15)32-12-18(24)26/h5-6,9-10,13H,3-4,7-8,11-12H2,1-2H3,(H2,24,26)(H,25,27). The summed E-state index contributed by atoms with van der Waals surface area (Å²) >= 11 is 2.49. The lowest BCUT2D eigenvalue weighted by molar-refractivity contribution is -0.123. The maximum Gasteiger partial charge on any atom is 0.341 e. The molecule has 2 amide bonds. The van der Waals surface area contributed by atoms with Crippen molar-refractivity contribution in [3.8, 4) is 0 Å². The van der Waals surface area contributed by atoms with Gasteiger partial charge < -0.3 is 20.5 Å². The molecule has 176 valence electrons. The number of benzene rings is 1. The number of ether oxygens (including phenoxy) is 2. The summed E-state index contributed by atoms with van der Waals surface area (Å²) in [5.74, 6) is -2.19. The topological polar surface area (TPSA) is 125 Å². The number of hydrogen-bond acceptors (Lipinski definition) is 8. The Balaban J connectivity index is 1.73. The van der Waals surface area contributed by atoms with Gasteiger partial charge in [-0.2, -0.15) is 0 Å². The molecule has 33 heavy (non-hydrogen) atoms. The Morgan fingerprint density at radius 3 is 2.61 bits per heavy atom. The Bertz CT molecular complexity index is 1070. The van der Waals surface area contributed by atoms with E-state index < -0.39 is 29.9 Å². The first-order valence-corrected chi connectivity index (χ1v) is 12.5. The number of esters is 2.